The highest BCUT2D eigenvalue weighted by Gasteiger charge is 2.14. The lowest BCUT2D eigenvalue weighted by Gasteiger charge is -2.19. The summed E-state index contributed by atoms with van der Waals surface area (Å²) in [7, 11) is 0. The van der Waals surface area contributed by atoms with Crippen LogP contribution in [0.2, 0.25) is 0 Å². The molecule has 6 nitrogen and oxygen atoms in total. The lowest BCUT2D eigenvalue weighted by atomic mass is 9.87. The van der Waals surface area contributed by atoms with E-state index >= 15 is 0 Å². The molecular weight excluding hydrogens is 448 g/mol. The van der Waals surface area contributed by atoms with E-state index < -0.39 is 11.9 Å². The number of nitrogens with zero attached hydrogens (tertiary/aromatic N) is 1. The van der Waals surface area contributed by atoms with E-state index in [4.69, 9.17) is 9.47 Å². The number of carbonyl (C=O) groups is 2. The maximum Gasteiger partial charge on any atom is 0.338 e. The quantitative estimate of drug-likeness (QED) is 0.334. The van der Waals surface area contributed by atoms with Gasteiger partial charge in [0.15, 0.2) is 11.7 Å². The van der Waals surface area contributed by atoms with Crippen LogP contribution in [0.3, 0.4) is 0 Å². The van der Waals surface area contributed by atoms with Crippen molar-refractivity contribution in [2.24, 2.45) is 0 Å². The van der Waals surface area contributed by atoms with Gasteiger partial charge in [-0.1, -0.05) is 68.5 Å². The first-order valence-electron chi connectivity index (χ1n) is 10.9. The zero-order valence-electron chi connectivity index (χ0n) is 19.3. The predicted octanol–water partition coefficient (Wildman–Crippen LogP) is 5.97. The highest BCUT2D eigenvalue weighted by atomic mass is 32.1. The van der Waals surface area contributed by atoms with Crippen molar-refractivity contribution < 1.29 is 19.1 Å². The Morgan fingerprint density at radius 2 is 1.65 bits per heavy atom. The molecule has 0 aliphatic carbocycles. The number of hydrogen-bond acceptors (Lipinski definition) is 6. The van der Waals surface area contributed by atoms with Crippen LogP contribution in [0.5, 0.6) is 5.75 Å². The van der Waals surface area contributed by atoms with Gasteiger partial charge in [0, 0.05) is 0 Å². The molecule has 0 aliphatic heterocycles. The van der Waals surface area contributed by atoms with E-state index in [-0.39, 0.29) is 12.0 Å². The molecule has 1 aromatic heterocycles. The fourth-order valence-electron chi connectivity index (χ4n) is 3.25. The second kappa shape index (κ2) is 10.1. The number of esters is 1. The van der Waals surface area contributed by atoms with Crippen LogP contribution in [-0.2, 0) is 21.6 Å². The first-order valence-corrected chi connectivity index (χ1v) is 11.7. The molecule has 0 aliphatic rings. The minimum Gasteiger partial charge on any atom is -0.489 e. The second-order valence-electron chi connectivity index (χ2n) is 8.87. The van der Waals surface area contributed by atoms with Crippen molar-refractivity contribution in [1.82, 2.24) is 4.98 Å². The first-order chi connectivity index (χ1) is 16.3. The zero-order chi connectivity index (χ0) is 24.1. The fraction of sp³-hybridized carbons (Fsp3) is 0.222. The van der Waals surface area contributed by atoms with Gasteiger partial charge in [-0.15, -0.1) is 0 Å². The highest BCUT2D eigenvalue weighted by Crippen LogP contribution is 2.26. The van der Waals surface area contributed by atoms with Crippen molar-refractivity contribution in [2.45, 2.75) is 32.8 Å². The van der Waals surface area contributed by atoms with Crippen LogP contribution in [0.1, 0.15) is 42.3 Å². The number of hydrogen-bond donors (Lipinski definition) is 1. The third-order valence-electron chi connectivity index (χ3n) is 5.19. The molecule has 4 rings (SSSR count). The molecule has 0 unspecified atom stereocenters. The lowest BCUT2D eigenvalue weighted by molar-refractivity contribution is -0.119. The average Bonchev–Trinajstić information content (AvgIpc) is 3.23. The number of thiazole rings is 1. The minimum absolute atomic E-state index is 0.0964. The van der Waals surface area contributed by atoms with Crippen LogP contribution in [0, 0.1) is 0 Å². The van der Waals surface area contributed by atoms with E-state index in [0.29, 0.717) is 17.3 Å². The summed E-state index contributed by atoms with van der Waals surface area (Å²) in [5.41, 5.74) is 3.44. The molecule has 1 heterocycles. The number of ether oxygens (including phenoxy) is 2. The maximum absolute atomic E-state index is 12.3. The number of carbonyl (C=O) groups excluding carboxylic acids is 2. The molecule has 174 valence electrons. The number of fused-ring (bicyclic) bond motifs is 1. The Labute approximate surface area is 202 Å². The number of benzene rings is 3. The van der Waals surface area contributed by atoms with Crippen LogP contribution >= 0.6 is 11.3 Å². The molecule has 0 spiro atoms. The van der Waals surface area contributed by atoms with E-state index in [2.05, 4.69) is 43.2 Å². The average molecular weight is 475 g/mol. The summed E-state index contributed by atoms with van der Waals surface area (Å²) >= 11 is 1.37. The normalized spacial score (nSPS) is 11.3. The SMILES string of the molecule is CC(C)(C)c1ccc(OCc2ccc(C(=O)OCC(=O)Nc3nc4ccccc4s3)cc2)cc1. The summed E-state index contributed by atoms with van der Waals surface area (Å²) in [4.78, 5) is 28.8. The van der Waals surface area contributed by atoms with Gasteiger partial charge in [0.2, 0.25) is 0 Å². The van der Waals surface area contributed by atoms with Crippen molar-refractivity contribution in [3.63, 3.8) is 0 Å². The Balaban J connectivity index is 1.25. The molecule has 1 N–H and O–H groups in total. The Morgan fingerprint density at radius 1 is 0.941 bits per heavy atom. The molecule has 7 heteroatoms. The van der Waals surface area contributed by atoms with Gasteiger partial charge in [-0.3, -0.25) is 10.1 Å². The molecule has 0 radical (unpaired) electrons. The largest absolute Gasteiger partial charge is 0.489 e. The number of aromatic nitrogens is 1. The van der Waals surface area contributed by atoms with Crippen LogP contribution < -0.4 is 10.1 Å². The maximum atomic E-state index is 12.3. The highest BCUT2D eigenvalue weighted by molar-refractivity contribution is 7.22. The summed E-state index contributed by atoms with van der Waals surface area (Å²) in [6.07, 6.45) is 0. The molecule has 34 heavy (non-hydrogen) atoms. The third-order valence-corrected chi connectivity index (χ3v) is 6.14. The van der Waals surface area contributed by atoms with Crippen molar-refractivity contribution in [1.29, 1.82) is 0 Å². The van der Waals surface area contributed by atoms with E-state index in [1.54, 1.807) is 24.3 Å². The summed E-state index contributed by atoms with van der Waals surface area (Å²) in [5.74, 6) is -0.213. The number of anilines is 1. The number of amides is 1. The van der Waals surface area contributed by atoms with Gasteiger partial charge in [-0.05, 0) is 52.9 Å². The Kier molecular flexibility index (Phi) is 6.93. The molecular formula is C27H26N2O4S. The topological polar surface area (TPSA) is 77.5 Å². The van der Waals surface area contributed by atoms with Crippen molar-refractivity contribution >= 4 is 38.6 Å². The Morgan fingerprint density at radius 3 is 2.32 bits per heavy atom. The molecule has 0 saturated heterocycles. The predicted molar refractivity (Wildman–Crippen MR) is 134 cm³/mol. The molecule has 1 amide bonds. The Bertz CT molecular complexity index is 1260. The minimum atomic E-state index is -0.565. The van der Waals surface area contributed by atoms with Gasteiger partial charge in [-0.2, -0.15) is 0 Å². The van der Waals surface area contributed by atoms with E-state index in [9.17, 15) is 9.59 Å². The zero-order valence-corrected chi connectivity index (χ0v) is 20.1. The Hall–Kier alpha value is -3.71. The van der Waals surface area contributed by atoms with E-state index in [1.165, 1.54) is 16.9 Å². The number of para-hydroxylation sites is 1. The monoisotopic (exact) mass is 474 g/mol. The van der Waals surface area contributed by atoms with Gasteiger partial charge in [-0.25, -0.2) is 9.78 Å². The van der Waals surface area contributed by atoms with Gasteiger partial charge >= 0.3 is 5.97 Å². The lowest BCUT2D eigenvalue weighted by Crippen LogP contribution is -2.20. The van der Waals surface area contributed by atoms with E-state index in [0.717, 1.165) is 21.5 Å². The number of rotatable bonds is 7. The van der Waals surface area contributed by atoms with Gasteiger partial charge in [0.25, 0.3) is 5.91 Å². The molecule has 3 aromatic carbocycles. The summed E-state index contributed by atoms with van der Waals surface area (Å²) in [5, 5.41) is 3.14. The molecule has 0 fully saturated rings. The third kappa shape index (κ3) is 5.99. The summed E-state index contributed by atoms with van der Waals surface area (Å²) in [6, 6.07) is 22.6. The van der Waals surface area contributed by atoms with Crippen molar-refractivity contribution in [2.75, 3.05) is 11.9 Å². The number of nitrogens with one attached hydrogen (secondary N) is 1. The second-order valence-corrected chi connectivity index (χ2v) is 9.90. The van der Waals surface area contributed by atoms with Gasteiger partial charge in [0.1, 0.15) is 12.4 Å². The smallest absolute Gasteiger partial charge is 0.338 e. The van der Waals surface area contributed by atoms with Crippen LogP contribution in [0.4, 0.5) is 5.13 Å². The fourth-order valence-corrected chi connectivity index (χ4v) is 4.13. The van der Waals surface area contributed by atoms with Crippen LogP contribution in [0.15, 0.2) is 72.8 Å². The molecule has 0 atom stereocenters. The summed E-state index contributed by atoms with van der Waals surface area (Å²) < 4.78 is 12.0. The first kappa shape index (κ1) is 23.4. The van der Waals surface area contributed by atoms with E-state index in [1.807, 2.05) is 36.4 Å². The standard InChI is InChI=1S/C27H26N2O4S/c1-27(2,3)20-12-14-21(15-13-20)32-16-18-8-10-19(11-9-18)25(31)33-17-24(30)29-26-28-22-6-4-5-7-23(22)34-26/h4-15H,16-17H2,1-3H3,(H,28,29,30). The van der Waals surface area contributed by atoms with Crippen molar-refractivity contribution in [3.8, 4) is 5.75 Å². The van der Waals surface area contributed by atoms with Crippen LogP contribution in [-0.4, -0.2) is 23.5 Å². The van der Waals surface area contributed by atoms with Gasteiger partial charge in [0.05, 0.1) is 15.8 Å². The van der Waals surface area contributed by atoms with Crippen molar-refractivity contribution in [3.05, 3.63) is 89.5 Å². The summed E-state index contributed by atoms with van der Waals surface area (Å²) in [6.45, 7) is 6.51. The van der Waals surface area contributed by atoms with Crippen LogP contribution in [0.25, 0.3) is 10.2 Å². The molecule has 0 saturated carbocycles. The molecule has 0 bridgehead atoms. The molecule has 4 aromatic rings. The van der Waals surface area contributed by atoms with Gasteiger partial charge < -0.3 is 9.47 Å².